The van der Waals surface area contributed by atoms with E-state index in [1.54, 1.807) is 0 Å². The Morgan fingerprint density at radius 1 is 1.00 bits per heavy atom. The molecule has 0 saturated heterocycles. The molecular weight excluding hydrogens is 144 g/mol. The maximum absolute atomic E-state index is 10.7. The van der Waals surface area contributed by atoms with Crippen LogP contribution in [0.1, 0.15) is 25.7 Å². The van der Waals surface area contributed by atoms with Crippen molar-refractivity contribution < 1.29 is 9.59 Å². The molecule has 11 heavy (non-hydrogen) atoms. The average Bonchev–Trinajstić information content (AvgIpc) is 2.04. The number of hydrogen-bond acceptors (Lipinski definition) is 2. The van der Waals surface area contributed by atoms with E-state index in [1.807, 2.05) is 0 Å². The Morgan fingerprint density at radius 3 is 1.91 bits per heavy atom. The van der Waals surface area contributed by atoms with Crippen molar-refractivity contribution in [1.29, 1.82) is 0 Å². The van der Waals surface area contributed by atoms with Crippen molar-refractivity contribution in [3.63, 3.8) is 0 Å². The quantitative estimate of drug-likeness (QED) is 0.515. The zero-order valence-electron chi connectivity index (χ0n) is 6.04. The molecule has 0 fully saturated rings. The second-order valence-corrected chi connectivity index (χ2v) is 2.32. The zero-order valence-corrected chi connectivity index (χ0v) is 6.04. The summed E-state index contributed by atoms with van der Waals surface area (Å²) in [7, 11) is 0. The number of carbonyl (C=O) groups is 2. The highest BCUT2D eigenvalue weighted by atomic mass is 16.2. The minimum atomic E-state index is -0.247. The number of amides is 2. The number of rotatable bonds is 0. The van der Waals surface area contributed by atoms with Crippen molar-refractivity contribution in [1.82, 2.24) is 0 Å². The van der Waals surface area contributed by atoms with Gasteiger partial charge in [-0.2, -0.15) is 0 Å². The maximum atomic E-state index is 10.7. The van der Waals surface area contributed by atoms with Gasteiger partial charge in [0.2, 0.25) is 0 Å². The third kappa shape index (κ3) is 2.87. The zero-order chi connectivity index (χ0) is 8.10. The van der Waals surface area contributed by atoms with Crippen molar-refractivity contribution >= 4 is 17.8 Å². The molecule has 1 aliphatic heterocycles. The van der Waals surface area contributed by atoms with E-state index in [0.29, 0.717) is 25.7 Å². The van der Waals surface area contributed by atoms with Gasteiger partial charge in [0.25, 0.3) is 11.8 Å². The molecule has 0 N–H and O–H groups in total. The Kier molecular flexibility index (Phi) is 2.69. The van der Waals surface area contributed by atoms with Crippen LogP contribution in [0.3, 0.4) is 0 Å². The van der Waals surface area contributed by atoms with Gasteiger partial charge in [-0.15, -0.1) is 9.98 Å². The standard InChI is InChI=1S/C7H8N2O2/c10-6-3-1-2-4-7(11)9-5-8-6/h1-4H2. The molecule has 1 rings (SSSR count). The summed E-state index contributed by atoms with van der Waals surface area (Å²) < 4.78 is 0. The fourth-order valence-corrected chi connectivity index (χ4v) is 0.801. The summed E-state index contributed by atoms with van der Waals surface area (Å²) in [6.07, 6.45) is 2.22. The van der Waals surface area contributed by atoms with E-state index in [-0.39, 0.29) is 11.8 Å². The summed E-state index contributed by atoms with van der Waals surface area (Å²) in [6.45, 7) is 0. The first-order valence-corrected chi connectivity index (χ1v) is 3.51. The first-order chi connectivity index (χ1) is 5.29. The van der Waals surface area contributed by atoms with Crippen LogP contribution in [0.4, 0.5) is 0 Å². The second kappa shape index (κ2) is 3.78. The maximum Gasteiger partial charge on any atom is 0.255 e. The van der Waals surface area contributed by atoms with Crippen LogP contribution in [0.25, 0.3) is 0 Å². The highest BCUT2D eigenvalue weighted by molar-refractivity contribution is 5.87. The summed E-state index contributed by atoms with van der Waals surface area (Å²) >= 11 is 0. The summed E-state index contributed by atoms with van der Waals surface area (Å²) in [6, 6.07) is 2.08. The Bertz CT molecular complexity index is 217. The predicted molar refractivity (Wildman–Crippen MR) is 38.3 cm³/mol. The molecule has 4 nitrogen and oxygen atoms in total. The van der Waals surface area contributed by atoms with Crippen LogP contribution >= 0.6 is 0 Å². The molecule has 0 aromatic rings. The van der Waals surface area contributed by atoms with E-state index in [0.717, 1.165) is 0 Å². The Balaban J connectivity index is 2.67. The molecule has 4 heteroatoms. The van der Waals surface area contributed by atoms with Crippen molar-refractivity contribution in [3.8, 4) is 0 Å². The number of carbonyl (C=O) groups excluding carboxylic acids is 2. The first kappa shape index (κ1) is 7.82. The Labute approximate surface area is 64.0 Å². The van der Waals surface area contributed by atoms with Gasteiger partial charge in [-0.1, -0.05) is 0 Å². The van der Waals surface area contributed by atoms with Crippen LogP contribution in [0.5, 0.6) is 0 Å². The van der Waals surface area contributed by atoms with Crippen molar-refractivity contribution in [2.24, 2.45) is 9.98 Å². The van der Waals surface area contributed by atoms with E-state index in [4.69, 9.17) is 0 Å². The molecule has 0 bridgehead atoms. The summed E-state index contributed by atoms with van der Waals surface area (Å²) in [4.78, 5) is 28.0. The largest absolute Gasteiger partial charge is 0.272 e. The fourth-order valence-electron chi connectivity index (χ4n) is 0.801. The smallest absolute Gasteiger partial charge is 0.255 e. The molecule has 0 aromatic carbocycles. The second-order valence-electron chi connectivity index (χ2n) is 2.32. The van der Waals surface area contributed by atoms with Gasteiger partial charge in [-0.3, -0.25) is 9.59 Å². The molecular formula is C7H8N2O2. The van der Waals surface area contributed by atoms with Crippen molar-refractivity contribution in [3.05, 3.63) is 0 Å². The Morgan fingerprint density at radius 2 is 1.45 bits per heavy atom. The van der Waals surface area contributed by atoms with E-state index in [2.05, 4.69) is 16.0 Å². The lowest BCUT2D eigenvalue weighted by Gasteiger charge is -1.91. The monoisotopic (exact) mass is 152 g/mol. The van der Waals surface area contributed by atoms with E-state index in [1.165, 1.54) is 0 Å². The molecule has 0 aliphatic carbocycles. The molecule has 0 saturated carbocycles. The molecule has 0 radical (unpaired) electrons. The normalized spacial score (nSPS) is 19.3. The van der Waals surface area contributed by atoms with Crippen LogP contribution in [-0.2, 0) is 9.59 Å². The van der Waals surface area contributed by atoms with Gasteiger partial charge in [-0.25, -0.2) is 0 Å². The lowest BCUT2D eigenvalue weighted by Crippen LogP contribution is -1.92. The van der Waals surface area contributed by atoms with Gasteiger partial charge >= 0.3 is 0 Å². The van der Waals surface area contributed by atoms with E-state index < -0.39 is 0 Å². The highest BCUT2D eigenvalue weighted by Gasteiger charge is 2.03. The van der Waals surface area contributed by atoms with E-state index >= 15 is 0 Å². The van der Waals surface area contributed by atoms with Crippen LogP contribution in [0, 0.1) is 0 Å². The number of aliphatic imine (C=N–C) groups is 2. The molecule has 0 spiro atoms. The third-order valence-electron chi connectivity index (χ3n) is 1.38. The number of hydrogen-bond donors (Lipinski definition) is 0. The lowest BCUT2D eigenvalue weighted by molar-refractivity contribution is -0.119. The van der Waals surface area contributed by atoms with Crippen molar-refractivity contribution in [2.75, 3.05) is 0 Å². The minimum Gasteiger partial charge on any atom is -0.272 e. The third-order valence-corrected chi connectivity index (χ3v) is 1.38. The molecule has 0 aromatic heterocycles. The lowest BCUT2D eigenvalue weighted by atomic mass is 10.2. The van der Waals surface area contributed by atoms with Gasteiger partial charge in [0.05, 0.1) is 0 Å². The van der Waals surface area contributed by atoms with Crippen LogP contribution in [0.2, 0.25) is 0 Å². The summed E-state index contributed by atoms with van der Waals surface area (Å²) in [5.74, 6) is -0.494. The van der Waals surface area contributed by atoms with Gasteiger partial charge in [0, 0.05) is 12.8 Å². The average molecular weight is 152 g/mol. The first-order valence-electron chi connectivity index (χ1n) is 3.51. The van der Waals surface area contributed by atoms with Gasteiger partial charge < -0.3 is 0 Å². The highest BCUT2D eigenvalue weighted by Crippen LogP contribution is 2.03. The van der Waals surface area contributed by atoms with Crippen LogP contribution in [-0.4, -0.2) is 17.8 Å². The van der Waals surface area contributed by atoms with Gasteiger partial charge in [0.1, 0.15) is 6.01 Å². The van der Waals surface area contributed by atoms with Crippen molar-refractivity contribution in [2.45, 2.75) is 25.7 Å². The minimum absolute atomic E-state index is 0.247. The topological polar surface area (TPSA) is 58.9 Å². The molecule has 0 atom stereocenters. The van der Waals surface area contributed by atoms with Gasteiger partial charge in [-0.05, 0) is 12.8 Å². The number of nitrogens with zero attached hydrogens (tertiary/aromatic N) is 2. The predicted octanol–water partition coefficient (Wildman–Crippen LogP) is 0.787. The molecule has 0 unspecified atom stereocenters. The van der Waals surface area contributed by atoms with Crippen LogP contribution < -0.4 is 0 Å². The van der Waals surface area contributed by atoms with E-state index in [9.17, 15) is 9.59 Å². The molecule has 2 amide bonds. The summed E-state index contributed by atoms with van der Waals surface area (Å²) in [5, 5.41) is 0. The molecule has 1 heterocycles. The summed E-state index contributed by atoms with van der Waals surface area (Å²) in [5.41, 5.74) is 0. The fraction of sp³-hybridized carbons (Fsp3) is 0.571. The van der Waals surface area contributed by atoms with Crippen LogP contribution in [0.15, 0.2) is 9.98 Å². The SMILES string of the molecule is O=C1CCCCC(=O)N=C=N1. The Hall–Kier alpha value is -1.28. The van der Waals surface area contributed by atoms with Gasteiger partial charge in [0.15, 0.2) is 0 Å². The molecule has 1 aliphatic rings. The molecule has 58 valence electrons.